The van der Waals surface area contributed by atoms with Crippen LogP contribution in [0.1, 0.15) is 26.2 Å². The Kier molecular flexibility index (Phi) is 1.74. The molecule has 0 saturated heterocycles. The second-order valence-corrected chi connectivity index (χ2v) is 2.85. The molecule has 0 spiro atoms. The molecule has 0 aliphatic heterocycles. The summed E-state index contributed by atoms with van der Waals surface area (Å²) in [5.41, 5.74) is 0. The van der Waals surface area contributed by atoms with Gasteiger partial charge in [0.2, 0.25) is 0 Å². The fraction of sp³-hybridized carbons (Fsp3) is 0.857. The van der Waals surface area contributed by atoms with Crippen molar-refractivity contribution in [2.75, 3.05) is 0 Å². The molecule has 0 aromatic carbocycles. The Morgan fingerprint density at radius 1 is 1.56 bits per heavy atom. The monoisotopic (exact) mass is 128 g/mol. The van der Waals surface area contributed by atoms with Gasteiger partial charge in [-0.15, -0.1) is 0 Å². The first-order valence-electron chi connectivity index (χ1n) is 3.44. The average Bonchev–Trinajstić information content (AvgIpc) is 2.13. The number of rotatable bonds is 1. The van der Waals surface area contributed by atoms with Crippen LogP contribution in [0.25, 0.3) is 0 Å². The van der Waals surface area contributed by atoms with E-state index in [9.17, 15) is 4.79 Å². The van der Waals surface area contributed by atoms with Crippen LogP contribution in [0.2, 0.25) is 0 Å². The number of hydrogen-bond acceptors (Lipinski definition) is 1. The van der Waals surface area contributed by atoms with Crippen molar-refractivity contribution in [1.29, 1.82) is 0 Å². The summed E-state index contributed by atoms with van der Waals surface area (Å²) in [6.07, 6.45) is 3.08. The van der Waals surface area contributed by atoms with E-state index in [1.807, 2.05) is 6.92 Å². The Balaban J connectivity index is 2.49. The molecule has 0 aromatic heterocycles. The smallest absolute Gasteiger partial charge is 0.306 e. The van der Waals surface area contributed by atoms with Crippen LogP contribution in [-0.2, 0) is 4.79 Å². The van der Waals surface area contributed by atoms with Crippen molar-refractivity contribution >= 4 is 5.97 Å². The zero-order valence-electron chi connectivity index (χ0n) is 5.63. The molecule has 1 rings (SSSR count). The number of carboxylic acids is 1. The van der Waals surface area contributed by atoms with Gasteiger partial charge in [-0.1, -0.05) is 13.3 Å². The van der Waals surface area contributed by atoms with Crippen LogP contribution in [-0.4, -0.2) is 11.1 Å². The Hall–Kier alpha value is -0.530. The predicted molar refractivity (Wildman–Crippen MR) is 34.1 cm³/mol. The minimum atomic E-state index is -0.611. The molecule has 1 fully saturated rings. The molecule has 0 unspecified atom stereocenters. The fourth-order valence-corrected chi connectivity index (χ4v) is 1.51. The summed E-state index contributed by atoms with van der Waals surface area (Å²) in [5, 5.41) is 8.58. The summed E-state index contributed by atoms with van der Waals surface area (Å²) in [7, 11) is 0. The lowest BCUT2D eigenvalue weighted by molar-refractivity contribution is -0.142. The van der Waals surface area contributed by atoms with Crippen LogP contribution in [0.5, 0.6) is 0 Å². The molecule has 0 aromatic rings. The minimum Gasteiger partial charge on any atom is -0.481 e. The van der Waals surface area contributed by atoms with Gasteiger partial charge in [0.05, 0.1) is 5.92 Å². The molecule has 1 aliphatic carbocycles. The van der Waals surface area contributed by atoms with Gasteiger partial charge in [0.25, 0.3) is 0 Å². The third-order valence-corrected chi connectivity index (χ3v) is 2.18. The molecule has 1 saturated carbocycles. The van der Waals surface area contributed by atoms with E-state index in [4.69, 9.17) is 5.11 Å². The molecule has 0 radical (unpaired) electrons. The van der Waals surface area contributed by atoms with Crippen LogP contribution in [0, 0.1) is 11.8 Å². The lowest BCUT2D eigenvalue weighted by Crippen LogP contribution is -2.15. The predicted octanol–water partition coefficient (Wildman–Crippen LogP) is 1.51. The molecule has 2 heteroatoms. The summed E-state index contributed by atoms with van der Waals surface area (Å²) < 4.78 is 0. The van der Waals surface area contributed by atoms with Gasteiger partial charge in [-0.25, -0.2) is 0 Å². The van der Waals surface area contributed by atoms with Crippen molar-refractivity contribution in [2.24, 2.45) is 11.8 Å². The first-order valence-corrected chi connectivity index (χ1v) is 3.44. The summed E-state index contributed by atoms with van der Waals surface area (Å²) in [4.78, 5) is 10.4. The van der Waals surface area contributed by atoms with Gasteiger partial charge in [0.1, 0.15) is 0 Å². The van der Waals surface area contributed by atoms with Crippen molar-refractivity contribution in [3.05, 3.63) is 0 Å². The van der Waals surface area contributed by atoms with Gasteiger partial charge in [-0.3, -0.25) is 4.79 Å². The third kappa shape index (κ3) is 1.23. The van der Waals surface area contributed by atoms with Crippen LogP contribution in [0.3, 0.4) is 0 Å². The molecular weight excluding hydrogens is 116 g/mol. The second-order valence-electron chi connectivity index (χ2n) is 2.85. The quantitative estimate of drug-likeness (QED) is 0.581. The minimum absolute atomic E-state index is 0.0509. The molecular formula is C7H12O2. The van der Waals surface area contributed by atoms with Crippen LogP contribution < -0.4 is 0 Å². The van der Waals surface area contributed by atoms with Crippen molar-refractivity contribution in [3.8, 4) is 0 Å². The zero-order chi connectivity index (χ0) is 6.85. The molecule has 2 nitrogen and oxygen atoms in total. The van der Waals surface area contributed by atoms with Crippen LogP contribution in [0.15, 0.2) is 0 Å². The van der Waals surface area contributed by atoms with E-state index >= 15 is 0 Å². The van der Waals surface area contributed by atoms with Crippen molar-refractivity contribution in [3.63, 3.8) is 0 Å². The van der Waals surface area contributed by atoms with E-state index < -0.39 is 5.97 Å². The van der Waals surface area contributed by atoms with Gasteiger partial charge in [0, 0.05) is 0 Å². The van der Waals surface area contributed by atoms with Gasteiger partial charge in [-0.2, -0.15) is 0 Å². The molecule has 9 heavy (non-hydrogen) atoms. The summed E-state index contributed by atoms with van der Waals surface area (Å²) in [6.45, 7) is 2.02. The van der Waals surface area contributed by atoms with Gasteiger partial charge in [0.15, 0.2) is 0 Å². The largest absolute Gasteiger partial charge is 0.481 e. The molecule has 2 atom stereocenters. The number of hydrogen-bond donors (Lipinski definition) is 1. The maximum Gasteiger partial charge on any atom is 0.306 e. The highest BCUT2D eigenvalue weighted by Crippen LogP contribution is 2.30. The summed E-state index contributed by atoms with van der Waals surface area (Å²) in [6, 6.07) is 0. The van der Waals surface area contributed by atoms with Crippen molar-refractivity contribution in [2.45, 2.75) is 26.2 Å². The molecule has 52 valence electrons. The summed E-state index contributed by atoms with van der Waals surface area (Å²) in [5.74, 6) is -0.257. The average molecular weight is 128 g/mol. The Bertz CT molecular complexity index is 120. The highest BCUT2D eigenvalue weighted by Gasteiger charge is 2.28. The van der Waals surface area contributed by atoms with Crippen molar-refractivity contribution in [1.82, 2.24) is 0 Å². The zero-order valence-corrected chi connectivity index (χ0v) is 5.63. The normalized spacial score (nSPS) is 34.8. The van der Waals surface area contributed by atoms with Crippen molar-refractivity contribution < 1.29 is 9.90 Å². The topological polar surface area (TPSA) is 37.3 Å². The van der Waals surface area contributed by atoms with Crippen LogP contribution >= 0.6 is 0 Å². The summed E-state index contributed by atoms with van der Waals surface area (Å²) >= 11 is 0. The van der Waals surface area contributed by atoms with Gasteiger partial charge in [-0.05, 0) is 18.8 Å². The Labute approximate surface area is 54.9 Å². The van der Waals surface area contributed by atoms with E-state index in [0.29, 0.717) is 5.92 Å². The number of aliphatic carboxylic acids is 1. The lowest BCUT2D eigenvalue weighted by Gasteiger charge is -2.07. The Morgan fingerprint density at radius 3 is 2.44 bits per heavy atom. The molecule has 0 heterocycles. The number of carboxylic acid groups (broad SMARTS) is 1. The highest BCUT2D eigenvalue weighted by atomic mass is 16.4. The van der Waals surface area contributed by atoms with E-state index in [-0.39, 0.29) is 5.92 Å². The van der Waals surface area contributed by atoms with Crippen LogP contribution in [0.4, 0.5) is 0 Å². The lowest BCUT2D eigenvalue weighted by atomic mass is 9.99. The Morgan fingerprint density at radius 2 is 2.22 bits per heavy atom. The first kappa shape index (κ1) is 6.59. The van der Waals surface area contributed by atoms with E-state index in [2.05, 4.69) is 0 Å². The first-order chi connectivity index (χ1) is 4.22. The molecule has 0 bridgehead atoms. The standard InChI is InChI=1S/C7H12O2/c1-5-3-2-4-6(5)7(8)9/h5-6H,2-4H2,1H3,(H,8,9)/t5-,6+/m0/s1. The fourth-order valence-electron chi connectivity index (χ4n) is 1.51. The van der Waals surface area contributed by atoms with Gasteiger partial charge < -0.3 is 5.11 Å². The highest BCUT2D eigenvalue weighted by molar-refractivity contribution is 5.70. The number of carbonyl (C=O) groups is 1. The van der Waals surface area contributed by atoms with E-state index in [1.54, 1.807) is 0 Å². The maximum atomic E-state index is 10.4. The third-order valence-electron chi connectivity index (χ3n) is 2.18. The molecule has 1 aliphatic rings. The van der Waals surface area contributed by atoms with Gasteiger partial charge >= 0.3 is 5.97 Å². The van der Waals surface area contributed by atoms with E-state index in [1.165, 1.54) is 0 Å². The maximum absolute atomic E-state index is 10.4. The SMILES string of the molecule is C[C@H]1CCC[C@H]1C(=O)O. The molecule has 1 N–H and O–H groups in total. The van der Waals surface area contributed by atoms with E-state index in [0.717, 1.165) is 19.3 Å². The second kappa shape index (κ2) is 2.38. The molecule has 0 amide bonds.